The van der Waals surface area contributed by atoms with Crippen molar-refractivity contribution in [2.45, 2.75) is 56.7 Å². The lowest BCUT2D eigenvalue weighted by atomic mass is 9.84. The number of esters is 1. The van der Waals surface area contributed by atoms with Gasteiger partial charge in [0.2, 0.25) is 0 Å². The Balaban J connectivity index is 2.13. The number of ether oxygens (including phenoxy) is 1. The van der Waals surface area contributed by atoms with Crippen LogP contribution in [0.3, 0.4) is 0 Å². The van der Waals surface area contributed by atoms with E-state index in [9.17, 15) is 4.79 Å². The molecular formula is C17H21Br2ClO2. The average molecular weight is 453 g/mol. The number of hydrogen-bond acceptors (Lipinski definition) is 2. The highest BCUT2D eigenvalue weighted by atomic mass is 79.9. The normalized spacial score (nSPS) is 17.3. The first kappa shape index (κ1) is 18.3. The molecule has 1 saturated carbocycles. The summed E-state index contributed by atoms with van der Waals surface area (Å²) in [5.74, 6) is 0.260. The van der Waals surface area contributed by atoms with Crippen LogP contribution in [0.5, 0.6) is 0 Å². The Morgan fingerprint density at radius 2 is 1.86 bits per heavy atom. The third-order valence-electron chi connectivity index (χ3n) is 4.11. The Kier molecular flexibility index (Phi) is 7.23. The summed E-state index contributed by atoms with van der Waals surface area (Å²) < 4.78 is 7.18. The van der Waals surface area contributed by atoms with Gasteiger partial charge in [0.1, 0.15) is 5.38 Å². The van der Waals surface area contributed by atoms with Gasteiger partial charge in [-0.15, -0.1) is 11.6 Å². The van der Waals surface area contributed by atoms with Crippen LogP contribution in [0.25, 0.3) is 0 Å². The van der Waals surface area contributed by atoms with Crippen molar-refractivity contribution in [3.05, 3.63) is 32.2 Å². The molecule has 0 aliphatic heterocycles. The molecule has 2 rings (SSSR count). The van der Waals surface area contributed by atoms with E-state index >= 15 is 0 Å². The van der Waals surface area contributed by atoms with Crippen LogP contribution in [-0.4, -0.2) is 18.0 Å². The van der Waals surface area contributed by atoms with Crippen LogP contribution in [0.15, 0.2) is 21.1 Å². The molecule has 0 N–H and O–H groups in total. The highest BCUT2D eigenvalue weighted by molar-refractivity contribution is 9.11. The number of benzene rings is 1. The smallest absolute Gasteiger partial charge is 0.324 e. The van der Waals surface area contributed by atoms with Gasteiger partial charge in [0.05, 0.1) is 6.61 Å². The molecule has 0 aromatic heterocycles. The number of rotatable bonds is 5. The minimum atomic E-state index is -0.640. The summed E-state index contributed by atoms with van der Waals surface area (Å²) in [6.07, 6.45) is 6.92. The van der Waals surface area contributed by atoms with Gasteiger partial charge in [0.15, 0.2) is 0 Å². The second-order valence-corrected chi connectivity index (χ2v) is 7.97. The Labute approximate surface area is 154 Å². The lowest BCUT2D eigenvalue weighted by Gasteiger charge is -2.25. The molecule has 1 aromatic rings. The molecule has 22 heavy (non-hydrogen) atoms. The number of alkyl halides is 1. The molecule has 1 unspecified atom stereocenters. The maximum absolute atomic E-state index is 11.7. The first-order chi connectivity index (χ1) is 10.5. The summed E-state index contributed by atoms with van der Waals surface area (Å²) in [4.78, 5) is 11.7. The molecule has 1 aliphatic carbocycles. The van der Waals surface area contributed by atoms with Crippen LogP contribution < -0.4 is 0 Å². The first-order valence-corrected chi connectivity index (χ1v) is 9.83. The van der Waals surface area contributed by atoms with Gasteiger partial charge in [-0.2, -0.15) is 0 Å². The summed E-state index contributed by atoms with van der Waals surface area (Å²) in [5, 5.41) is -0.640. The quantitative estimate of drug-likeness (QED) is 0.406. The zero-order chi connectivity index (χ0) is 16.1. The molecule has 5 heteroatoms. The van der Waals surface area contributed by atoms with Gasteiger partial charge in [-0.25, -0.2) is 0 Å². The molecule has 0 radical (unpaired) electrons. The molecule has 1 aromatic carbocycles. The van der Waals surface area contributed by atoms with Crippen molar-refractivity contribution in [3.8, 4) is 0 Å². The number of halogens is 3. The van der Waals surface area contributed by atoms with Crippen molar-refractivity contribution in [1.82, 2.24) is 0 Å². The predicted octanol–water partition coefficient (Wildman–Crippen LogP) is 5.97. The van der Waals surface area contributed by atoms with E-state index in [1.807, 2.05) is 0 Å². The third kappa shape index (κ3) is 4.72. The van der Waals surface area contributed by atoms with Crippen molar-refractivity contribution < 1.29 is 9.53 Å². The predicted molar refractivity (Wildman–Crippen MR) is 97.6 cm³/mol. The van der Waals surface area contributed by atoms with Crippen molar-refractivity contribution >= 4 is 49.4 Å². The standard InChI is InChI=1S/C17H21Br2ClO2/c1-2-22-17(21)15(20)10-11-8-13(18)16(14(19)9-11)12-6-4-3-5-7-12/h8-9,12,15H,2-7,10H2,1H3. The molecule has 1 aliphatic rings. The number of carbonyl (C=O) groups is 1. The van der Waals surface area contributed by atoms with Crippen molar-refractivity contribution in [3.63, 3.8) is 0 Å². The largest absolute Gasteiger partial charge is 0.465 e. The van der Waals surface area contributed by atoms with E-state index in [2.05, 4.69) is 44.0 Å². The fourth-order valence-corrected chi connectivity index (χ4v) is 5.23. The van der Waals surface area contributed by atoms with Gasteiger partial charge in [-0.1, -0.05) is 51.1 Å². The van der Waals surface area contributed by atoms with Gasteiger partial charge >= 0.3 is 5.97 Å². The van der Waals surface area contributed by atoms with Crippen LogP contribution in [0.1, 0.15) is 56.1 Å². The van der Waals surface area contributed by atoms with Crippen molar-refractivity contribution in [2.24, 2.45) is 0 Å². The van der Waals surface area contributed by atoms with E-state index in [0.717, 1.165) is 14.5 Å². The van der Waals surface area contributed by atoms with Crippen LogP contribution in [0.4, 0.5) is 0 Å². The molecule has 2 nitrogen and oxygen atoms in total. The summed E-state index contributed by atoms with van der Waals surface area (Å²) >= 11 is 13.5. The van der Waals surface area contributed by atoms with E-state index in [0.29, 0.717) is 18.9 Å². The molecule has 0 spiro atoms. The monoisotopic (exact) mass is 450 g/mol. The fraction of sp³-hybridized carbons (Fsp3) is 0.588. The first-order valence-electron chi connectivity index (χ1n) is 7.81. The zero-order valence-electron chi connectivity index (χ0n) is 12.7. The summed E-state index contributed by atoms with van der Waals surface area (Å²) in [5.41, 5.74) is 2.39. The third-order valence-corrected chi connectivity index (χ3v) is 5.75. The fourth-order valence-electron chi connectivity index (χ4n) is 3.06. The maximum atomic E-state index is 11.7. The second kappa shape index (κ2) is 8.70. The zero-order valence-corrected chi connectivity index (χ0v) is 16.6. The van der Waals surface area contributed by atoms with E-state index in [1.54, 1.807) is 6.92 Å². The molecule has 0 saturated heterocycles. The highest BCUT2D eigenvalue weighted by Crippen LogP contribution is 2.41. The van der Waals surface area contributed by atoms with Crippen LogP contribution in [-0.2, 0) is 16.0 Å². The minimum absolute atomic E-state index is 0.354. The molecule has 0 bridgehead atoms. The molecule has 0 heterocycles. The molecule has 0 amide bonds. The van der Waals surface area contributed by atoms with Crippen LogP contribution >= 0.6 is 43.5 Å². The molecule has 1 fully saturated rings. The number of carbonyl (C=O) groups excluding carboxylic acids is 1. The Morgan fingerprint density at radius 1 is 1.27 bits per heavy atom. The maximum Gasteiger partial charge on any atom is 0.324 e. The van der Waals surface area contributed by atoms with Gasteiger partial charge in [-0.05, 0) is 55.4 Å². The van der Waals surface area contributed by atoms with Gasteiger partial charge in [0, 0.05) is 8.95 Å². The number of hydrogen-bond donors (Lipinski definition) is 0. The Morgan fingerprint density at radius 3 is 2.41 bits per heavy atom. The minimum Gasteiger partial charge on any atom is -0.465 e. The van der Waals surface area contributed by atoms with Crippen LogP contribution in [0.2, 0.25) is 0 Å². The lowest BCUT2D eigenvalue weighted by molar-refractivity contribution is -0.142. The van der Waals surface area contributed by atoms with E-state index in [1.165, 1.54) is 37.7 Å². The molecule has 122 valence electrons. The molecular weight excluding hydrogens is 431 g/mol. The van der Waals surface area contributed by atoms with Gasteiger partial charge < -0.3 is 4.74 Å². The summed E-state index contributed by atoms with van der Waals surface area (Å²) in [7, 11) is 0. The van der Waals surface area contributed by atoms with Crippen molar-refractivity contribution in [2.75, 3.05) is 6.61 Å². The van der Waals surface area contributed by atoms with Crippen LogP contribution in [0, 0.1) is 0 Å². The molecule has 1 atom stereocenters. The van der Waals surface area contributed by atoms with E-state index in [-0.39, 0.29) is 5.97 Å². The summed E-state index contributed by atoms with van der Waals surface area (Å²) in [6, 6.07) is 4.17. The highest BCUT2D eigenvalue weighted by Gasteiger charge is 2.22. The van der Waals surface area contributed by atoms with E-state index < -0.39 is 5.38 Å². The second-order valence-electron chi connectivity index (χ2n) is 5.73. The Bertz CT molecular complexity index is 504. The average Bonchev–Trinajstić information content (AvgIpc) is 2.47. The summed E-state index contributed by atoms with van der Waals surface area (Å²) in [6.45, 7) is 2.14. The van der Waals surface area contributed by atoms with Crippen molar-refractivity contribution in [1.29, 1.82) is 0 Å². The lowest BCUT2D eigenvalue weighted by Crippen LogP contribution is -2.20. The Hall–Kier alpha value is -0.0600. The topological polar surface area (TPSA) is 26.3 Å². The van der Waals surface area contributed by atoms with Gasteiger partial charge in [0.25, 0.3) is 0 Å². The van der Waals surface area contributed by atoms with Gasteiger partial charge in [-0.3, -0.25) is 4.79 Å². The van der Waals surface area contributed by atoms with E-state index in [4.69, 9.17) is 16.3 Å². The SMILES string of the molecule is CCOC(=O)C(Cl)Cc1cc(Br)c(C2CCCCC2)c(Br)c1.